The minimum atomic E-state index is -1.28. The minimum Gasteiger partial charge on any atom is -0.477 e. The lowest BCUT2D eigenvalue weighted by Crippen LogP contribution is -2.38. The maximum atomic E-state index is 12.6. The molecule has 0 saturated carbocycles. The largest absolute Gasteiger partial charge is 0.477 e. The molecule has 0 aromatic carbocycles. The van der Waals surface area contributed by atoms with E-state index >= 15 is 0 Å². The molecule has 25 heavy (non-hydrogen) atoms. The number of aromatic nitrogens is 2. The van der Waals surface area contributed by atoms with Crippen LogP contribution in [0.1, 0.15) is 21.4 Å². The second kappa shape index (κ2) is 6.23. The Kier molecular flexibility index (Phi) is 4.38. The van der Waals surface area contributed by atoms with E-state index in [1.807, 2.05) is 30.9 Å². The van der Waals surface area contributed by atoms with Crippen LogP contribution >= 0.6 is 23.5 Å². The highest BCUT2D eigenvalue weighted by Crippen LogP contribution is 2.36. The van der Waals surface area contributed by atoms with Crippen molar-refractivity contribution in [3.63, 3.8) is 0 Å². The van der Waals surface area contributed by atoms with Crippen molar-refractivity contribution in [1.29, 1.82) is 0 Å². The fraction of sp³-hybridized carbons (Fsp3) is 0.333. The van der Waals surface area contributed by atoms with Gasteiger partial charge in [-0.1, -0.05) is 11.6 Å². The van der Waals surface area contributed by atoms with Crippen LogP contribution in [-0.2, 0) is 0 Å². The van der Waals surface area contributed by atoms with Crippen LogP contribution < -0.4 is 5.43 Å². The van der Waals surface area contributed by atoms with Gasteiger partial charge in [-0.05, 0) is 18.6 Å². The lowest BCUT2D eigenvalue weighted by molar-refractivity contribution is 0.0694. The molecule has 0 amide bonds. The Morgan fingerprint density at radius 3 is 2.68 bits per heavy atom. The molecular formula is C15H16ClN5O3S. The number of carbonyl (C=O) groups is 1. The summed E-state index contributed by atoms with van der Waals surface area (Å²) in [5, 5.41) is 9.91. The predicted octanol–water partition coefficient (Wildman–Crippen LogP) is 2.02. The van der Waals surface area contributed by atoms with Gasteiger partial charge >= 0.3 is 5.97 Å². The molecule has 1 unspecified atom stereocenters. The van der Waals surface area contributed by atoms with Crippen molar-refractivity contribution in [1.82, 2.24) is 19.4 Å². The molecule has 0 spiro atoms. The summed E-state index contributed by atoms with van der Waals surface area (Å²) in [4.78, 5) is 32.1. The van der Waals surface area contributed by atoms with Crippen LogP contribution in [0, 0.1) is 6.92 Å². The molecule has 0 radical (unpaired) electrons. The molecule has 0 aliphatic carbocycles. The van der Waals surface area contributed by atoms with Gasteiger partial charge in [-0.15, -0.1) is 0 Å². The number of hydrogen-bond donors (Lipinski definition) is 1. The highest BCUT2D eigenvalue weighted by molar-refractivity contribution is 7.98. The summed E-state index contributed by atoms with van der Waals surface area (Å²) in [6, 6.07) is 1.55. The Morgan fingerprint density at radius 2 is 2.12 bits per heavy atom. The van der Waals surface area contributed by atoms with Crippen molar-refractivity contribution in [2.24, 2.45) is 4.40 Å². The quantitative estimate of drug-likeness (QED) is 0.628. The van der Waals surface area contributed by atoms with E-state index in [4.69, 9.17) is 11.6 Å². The molecular weight excluding hydrogens is 366 g/mol. The molecule has 0 bridgehead atoms. The Labute approximate surface area is 152 Å². The molecule has 3 heterocycles. The van der Waals surface area contributed by atoms with Gasteiger partial charge in [0.15, 0.2) is 5.50 Å². The van der Waals surface area contributed by atoms with E-state index in [0.717, 1.165) is 5.96 Å². The Morgan fingerprint density at radius 1 is 1.44 bits per heavy atom. The summed E-state index contributed by atoms with van der Waals surface area (Å²) in [5.41, 5.74) is -0.355. The zero-order valence-electron chi connectivity index (χ0n) is 14.0. The topological polar surface area (TPSA) is 91.0 Å². The number of aryl methyl sites for hydroxylation is 1. The van der Waals surface area contributed by atoms with Crippen molar-refractivity contribution >= 4 is 46.5 Å². The number of halogens is 1. The van der Waals surface area contributed by atoms with Gasteiger partial charge in [-0.25, -0.2) is 9.78 Å². The third-order valence-corrected chi connectivity index (χ3v) is 5.09. The number of carboxylic acids is 1. The first kappa shape index (κ1) is 17.6. The van der Waals surface area contributed by atoms with Crippen LogP contribution in [-0.4, -0.2) is 57.5 Å². The van der Waals surface area contributed by atoms with Crippen molar-refractivity contribution in [2.75, 3.05) is 21.1 Å². The normalized spacial score (nSPS) is 17.1. The van der Waals surface area contributed by atoms with E-state index in [1.165, 1.54) is 18.1 Å². The van der Waals surface area contributed by atoms with Gasteiger partial charge in [-0.2, -0.15) is 4.40 Å². The van der Waals surface area contributed by atoms with Crippen molar-refractivity contribution in [2.45, 2.75) is 12.4 Å². The number of hydrogen-bond acceptors (Lipinski definition) is 7. The van der Waals surface area contributed by atoms with Crippen LogP contribution in [0.5, 0.6) is 0 Å². The fourth-order valence-electron chi connectivity index (χ4n) is 2.76. The Hall–Kier alpha value is -2.26. The maximum Gasteiger partial charge on any atom is 0.341 e. The zero-order valence-corrected chi connectivity index (χ0v) is 15.6. The van der Waals surface area contributed by atoms with Crippen molar-refractivity contribution in [3.8, 4) is 0 Å². The van der Waals surface area contributed by atoms with Gasteiger partial charge in [0.25, 0.3) is 0 Å². The monoisotopic (exact) mass is 381 g/mol. The molecule has 132 valence electrons. The van der Waals surface area contributed by atoms with Gasteiger partial charge in [0.2, 0.25) is 11.4 Å². The second-order valence-electron chi connectivity index (χ2n) is 5.87. The molecule has 0 saturated heterocycles. The highest BCUT2D eigenvalue weighted by Gasteiger charge is 2.31. The Balaban J connectivity index is 2.30. The SMILES string of the molecule is Cc1cc(Cl)nc2c1c(=O)c(C(=O)O)cn2C1SN=C(N(C)C)N1C. The summed E-state index contributed by atoms with van der Waals surface area (Å²) in [5.74, 6) is -0.563. The lowest BCUT2D eigenvalue weighted by atomic mass is 10.1. The third kappa shape index (κ3) is 2.83. The number of rotatable bonds is 2. The van der Waals surface area contributed by atoms with E-state index in [2.05, 4.69) is 9.38 Å². The van der Waals surface area contributed by atoms with Crippen LogP contribution in [0.3, 0.4) is 0 Å². The molecule has 1 aliphatic rings. The van der Waals surface area contributed by atoms with Crippen LogP contribution in [0.25, 0.3) is 11.0 Å². The van der Waals surface area contributed by atoms with E-state index in [-0.39, 0.29) is 21.6 Å². The molecule has 10 heteroatoms. The third-order valence-electron chi connectivity index (χ3n) is 3.89. The average Bonchev–Trinajstić information content (AvgIpc) is 2.88. The minimum absolute atomic E-state index is 0.237. The van der Waals surface area contributed by atoms with E-state index in [1.54, 1.807) is 17.6 Å². The number of pyridine rings is 2. The molecule has 1 N–H and O–H groups in total. The number of nitrogens with zero attached hydrogens (tertiary/aromatic N) is 5. The lowest BCUT2D eigenvalue weighted by Gasteiger charge is -2.28. The molecule has 1 atom stereocenters. The first-order valence-corrected chi connectivity index (χ1v) is 8.53. The van der Waals surface area contributed by atoms with Crippen LogP contribution in [0.4, 0.5) is 0 Å². The van der Waals surface area contributed by atoms with Gasteiger partial charge in [0.05, 0.1) is 5.39 Å². The van der Waals surface area contributed by atoms with E-state index < -0.39 is 11.4 Å². The number of guanidine groups is 1. The smallest absolute Gasteiger partial charge is 0.341 e. The summed E-state index contributed by atoms with van der Waals surface area (Å²) >= 11 is 7.32. The van der Waals surface area contributed by atoms with Crippen LogP contribution in [0.2, 0.25) is 5.15 Å². The summed E-state index contributed by atoms with van der Waals surface area (Å²) in [7, 11) is 5.57. The van der Waals surface area contributed by atoms with Gasteiger partial charge < -0.3 is 14.9 Å². The van der Waals surface area contributed by atoms with E-state index in [0.29, 0.717) is 11.2 Å². The first-order valence-electron chi connectivity index (χ1n) is 7.31. The highest BCUT2D eigenvalue weighted by atomic mass is 35.5. The van der Waals surface area contributed by atoms with Crippen molar-refractivity contribution < 1.29 is 9.90 Å². The standard InChI is InChI=1S/C15H16ClN5O3S/c1-7-5-9(16)17-12-10(7)11(22)8(13(23)24)6-21(12)15-20(4)14(18-25-15)19(2)3/h5-6,15H,1-4H3,(H,23,24). The summed E-state index contributed by atoms with van der Waals surface area (Å²) < 4.78 is 6.03. The van der Waals surface area contributed by atoms with Crippen LogP contribution in [0.15, 0.2) is 21.5 Å². The van der Waals surface area contributed by atoms with Gasteiger partial charge in [0, 0.05) is 39.3 Å². The van der Waals surface area contributed by atoms with Gasteiger partial charge in [0.1, 0.15) is 16.4 Å². The summed E-state index contributed by atoms with van der Waals surface area (Å²) in [6.45, 7) is 1.71. The molecule has 2 aromatic rings. The number of fused-ring (bicyclic) bond motifs is 1. The van der Waals surface area contributed by atoms with E-state index in [9.17, 15) is 14.7 Å². The average molecular weight is 382 g/mol. The molecule has 0 fully saturated rings. The molecule has 1 aliphatic heterocycles. The summed E-state index contributed by atoms with van der Waals surface area (Å²) in [6.07, 6.45) is 1.30. The predicted molar refractivity (Wildman–Crippen MR) is 98.2 cm³/mol. The number of carboxylic acid groups (broad SMARTS) is 1. The molecule has 2 aromatic heterocycles. The Bertz CT molecular complexity index is 972. The number of aromatic carboxylic acids is 1. The first-order chi connectivity index (χ1) is 11.7. The van der Waals surface area contributed by atoms with Crippen molar-refractivity contribution in [3.05, 3.63) is 38.8 Å². The maximum absolute atomic E-state index is 12.6. The fourth-order valence-corrected chi connectivity index (χ4v) is 3.98. The van der Waals surface area contributed by atoms with Gasteiger partial charge in [-0.3, -0.25) is 9.36 Å². The molecule has 8 nitrogen and oxygen atoms in total. The second-order valence-corrected chi connectivity index (χ2v) is 7.08. The molecule has 3 rings (SSSR count). The zero-order chi connectivity index (χ0) is 18.5.